The Balaban J connectivity index is 1.39. The summed E-state index contributed by atoms with van der Waals surface area (Å²) in [6.07, 6.45) is 2.40. The molecule has 6 amide bonds. The van der Waals surface area contributed by atoms with E-state index in [0.29, 0.717) is 45.2 Å². The second-order valence-corrected chi connectivity index (χ2v) is 12.8. The van der Waals surface area contributed by atoms with E-state index >= 15 is 0 Å². The molecule has 0 aromatic carbocycles. The van der Waals surface area contributed by atoms with Crippen molar-refractivity contribution in [3.8, 4) is 0 Å². The summed E-state index contributed by atoms with van der Waals surface area (Å²) in [5.74, 6) is -5.27. The molecular weight excluding hydrogens is 634 g/mol. The Morgan fingerprint density at radius 3 is 1.65 bits per heavy atom. The van der Waals surface area contributed by atoms with Crippen LogP contribution in [0.2, 0.25) is 0 Å². The van der Waals surface area contributed by atoms with Gasteiger partial charge in [0.25, 0.3) is 0 Å². The van der Waals surface area contributed by atoms with Gasteiger partial charge in [-0.2, -0.15) is 0 Å². The highest BCUT2D eigenvalue weighted by molar-refractivity contribution is 5.97. The van der Waals surface area contributed by atoms with Crippen molar-refractivity contribution in [3.05, 3.63) is 0 Å². The van der Waals surface area contributed by atoms with Gasteiger partial charge in [-0.15, -0.1) is 0 Å². The average molecular weight is 682 g/mol. The largest absolute Gasteiger partial charge is 0.480 e. The molecule has 18 heteroatoms. The number of amides is 6. The maximum absolute atomic E-state index is 13.7. The lowest BCUT2D eigenvalue weighted by molar-refractivity contribution is -0.147. The lowest BCUT2D eigenvalue weighted by atomic mass is 10.1. The molecule has 18 nitrogen and oxygen atoms in total. The zero-order valence-corrected chi connectivity index (χ0v) is 27.0. The molecule has 0 bridgehead atoms. The molecule has 4 fully saturated rings. The third kappa shape index (κ3) is 8.22. The fourth-order valence-electron chi connectivity index (χ4n) is 6.93. The highest BCUT2D eigenvalue weighted by atomic mass is 16.4. The minimum atomic E-state index is -1.57. The monoisotopic (exact) mass is 681 g/mol. The number of aliphatic hydroxyl groups is 3. The van der Waals surface area contributed by atoms with E-state index < -0.39 is 91.1 Å². The maximum atomic E-state index is 13.7. The fraction of sp³-hybridized carbons (Fsp3) is 0.767. The lowest BCUT2D eigenvalue weighted by Gasteiger charge is -2.33. The van der Waals surface area contributed by atoms with Crippen molar-refractivity contribution in [2.24, 2.45) is 0 Å². The molecule has 8 N–H and O–H groups in total. The number of nitrogens with one attached hydrogen (secondary N) is 4. The Morgan fingerprint density at radius 1 is 0.688 bits per heavy atom. The quantitative estimate of drug-likeness (QED) is 0.0917. The van der Waals surface area contributed by atoms with Crippen molar-refractivity contribution < 1.29 is 54.0 Å². The van der Waals surface area contributed by atoms with Crippen LogP contribution in [0.1, 0.15) is 58.3 Å². The number of carboxylic acids is 1. The van der Waals surface area contributed by atoms with Crippen LogP contribution in [-0.2, 0) is 33.6 Å². The fourth-order valence-corrected chi connectivity index (χ4v) is 6.93. The van der Waals surface area contributed by atoms with Gasteiger partial charge in [0, 0.05) is 19.6 Å². The van der Waals surface area contributed by atoms with Crippen molar-refractivity contribution in [1.82, 2.24) is 36.0 Å². The molecule has 0 aromatic rings. The first-order chi connectivity index (χ1) is 22.9. The number of rotatable bonds is 13. The van der Waals surface area contributed by atoms with E-state index in [2.05, 4.69) is 21.3 Å². The van der Waals surface area contributed by atoms with E-state index in [0.717, 1.165) is 11.3 Å². The number of aliphatic hydroxyl groups excluding tert-OH is 3. The number of carbonyl (C=O) groups excluding carboxylic acids is 6. The van der Waals surface area contributed by atoms with Crippen LogP contribution in [0.5, 0.6) is 0 Å². The van der Waals surface area contributed by atoms with Gasteiger partial charge in [0.15, 0.2) is 0 Å². The van der Waals surface area contributed by atoms with Crippen molar-refractivity contribution in [3.63, 3.8) is 0 Å². The molecule has 0 spiro atoms. The Morgan fingerprint density at radius 2 is 1.17 bits per heavy atom. The summed E-state index contributed by atoms with van der Waals surface area (Å²) < 4.78 is 0. The summed E-state index contributed by atoms with van der Waals surface area (Å²) in [4.78, 5) is 94.7. The van der Waals surface area contributed by atoms with Gasteiger partial charge in [-0.25, -0.2) is 4.79 Å². The molecule has 4 heterocycles. The predicted molar refractivity (Wildman–Crippen MR) is 165 cm³/mol. The second kappa shape index (κ2) is 16.5. The smallest absolute Gasteiger partial charge is 0.328 e. The second-order valence-electron chi connectivity index (χ2n) is 12.8. The summed E-state index contributed by atoms with van der Waals surface area (Å²) >= 11 is 0. The van der Waals surface area contributed by atoms with Gasteiger partial charge in [0.1, 0.15) is 36.3 Å². The molecule has 0 saturated carbocycles. The summed E-state index contributed by atoms with van der Waals surface area (Å²) in [6.45, 7) is 0.984. The number of carboxylic acid groups (broad SMARTS) is 1. The van der Waals surface area contributed by atoms with E-state index in [1.807, 2.05) is 0 Å². The third-order valence-electron chi connectivity index (χ3n) is 9.51. The van der Waals surface area contributed by atoms with Crippen LogP contribution in [0.25, 0.3) is 0 Å². The molecule has 48 heavy (non-hydrogen) atoms. The van der Waals surface area contributed by atoms with Gasteiger partial charge in [-0.1, -0.05) is 0 Å². The summed E-state index contributed by atoms with van der Waals surface area (Å²) in [6, 6.07) is -7.82. The van der Waals surface area contributed by atoms with E-state index in [1.54, 1.807) is 0 Å². The summed E-state index contributed by atoms with van der Waals surface area (Å²) in [7, 11) is 0. The zero-order chi connectivity index (χ0) is 35.1. The standard InChI is InChI=1S/C30H47N7O11/c1-16(40)23(34-26(43)22-9-4-11-35(22)27(44)17-6-2-10-31-17)29(46)37-13-5-8-21(37)24(41)32-18(14-38)28(45)36-12-3-7-20(36)25(42)33-19(15-39)30(47)48/h16-23,31,38-40H,2-15H2,1H3,(H,32,41)(H,33,42)(H,34,43)(H,47,48)/t16-,17+,18+,19+,20+,21+,22+,23+/m1/s1. The van der Waals surface area contributed by atoms with Crippen molar-refractivity contribution in [2.75, 3.05) is 39.4 Å². The predicted octanol–water partition coefficient (Wildman–Crippen LogP) is -4.38. The van der Waals surface area contributed by atoms with Crippen LogP contribution >= 0.6 is 0 Å². The molecule has 0 aliphatic carbocycles. The SMILES string of the molecule is C[C@@H](O)[C@H](NC(=O)[C@@H]1CCCN1C(=O)[C@@H]1CCCN1)C(=O)N1CCC[C@H]1C(=O)N[C@@H](CO)C(=O)N1CCC[C@H]1C(=O)N[C@@H](CO)C(=O)O. The van der Waals surface area contributed by atoms with Gasteiger partial charge in [0.05, 0.1) is 25.4 Å². The van der Waals surface area contributed by atoms with Crippen LogP contribution < -0.4 is 21.3 Å². The van der Waals surface area contributed by atoms with Crippen molar-refractivity contribution in [1.29, 1.82) is 0 Å². The van der Waals surface area contributed by atoms with Crippen molar-refractivity contribution in [2.45, 2.75) is 107 Å². The molecule has 0 aromatic heterocycles. The first-order valence-electron chi connectivity index (χ1n) is 16.6. The topological polar surface area (TPSA) is 258 Å². The minimum absolute atomic E-state index is 0.102. The molecule has 4 rings (SSSR count). The molecule has 0 radical (unpaired) electrons. The van der Waals surface area contributed by atoms with E-state index in [9.17, 15) is 48.9 Å². The number of carbonyl (C=O) groups is 7. The van der Waals surface area contributed by atoms with Gasteiger partial charge < -0.3 is 56.4 Å². The van der Waals surface area contributed by atoms with Crippen LogP contribution in [0.3, 0.4) is 0 Å². The average Bonchev–Trinajstić information content (AvgIpc) is 3.90. The Labute approximate surface area is 277 Å². The van der Waals surface area contributed by atoms with E-state index in [-0.39, 0.29) is 37.9 Å². The Kier molecular flexibility index (Phi) is 12.7. The van der Waals surface area contributed by atoms with Crippen molar-refractivity contribution >= 4 is 41.4 Å². The number of aliphatic carboxylic acids is 1. The van der Waals surface area contributed by atoms with Crippen LogP contribution in [0, 0.1) is 0 Å². The molecule has 4 saturated heterocycles. The Bertz CT molecular complexity index is 1240. The normalized spacial score (nSPS) is 26.5. The summed E-state index contributed by atoms with van der Waals surface area (Å²) in [5, 5.41) is 49.3. The van der Waals surface area contributed by atoms with Crippen LogP contribution in [0.15, 0.2) is 0 Å². The molecule has 4 aliphatic rings. The van der Waals surface area contributed by atoms with Gasteiger partial charge in [-0.05, 0) is 64.8 Å². The minimum Gasteiger partial charge on any atom is -0.480 e. The maximum Gasteiger partial charge on any atom is 0.328 e. The molecular formula is C30H47N7O11. The number of likely N-dealkylation sites (tertiary alicyclic amines) is 3. The van der Waals surface area contributed by atoms with Crippen LogP contribution in [-0.4, -0.2) is 164 Å². The number of hydrogen-bond acceptors (Lipinski definition) is 11. The van der Waals surface area contributed by atoms with E-state index in [4.69, 9.17) is 5.11 Å². The third-order valence-corrected chi connectivity index (χ3v) is 9.51. The van der Waals surface area contributed by atoms with Gasteiger partial charge >= 0.3 is 5.97 Å². The molecule has 8 atom stereocenters. The lowest BCUT2D eigenvalue weighted by Crippen LogP contribution is -2.61. The van der Waals surface area contributed by atoms with Gasteiger partial charge in [0.2, 0.25) is 35.4 Å². The van der Waals surface area contributed by atoms with Crippen LogP contribution in [0.4, 0.5) is 0 Å². The van der Waals surface area contributed by atoms with Gasteiger partial charge in [-0.3, -0.25) is 28.8 Å². The summed E-state index contributed by atoms with van der Waals surface area (Å²) in [5.41, 5.74) is 0. The Hall–Kier alpha value is -3.87. The number of nitrogens with zero attached hydrogens (tertiary/aromatic N) is 3. The first kappa shape index (κ1) is 37.0. The number of hydrogen-bond donors (Lipinski definition) is 8. The first-order valence-corrected chi connectivity index (χ1v) is 16.6. The highest BCUT2D eigenvalue weighted by Gasteiger charge is 2.44. The molecule has 268 valence electrons. The highest BCUT2D eigenvalue weighted by Crippen LogP contribution is 2.24. The van der Waals surface area contributed by atoms with E-state index in [1.165, 1.54) is 16.7 Å². The zero-order valence-electron chi connectivity index (χ0n) is 27.0. The molecule has 4 aliphatic heterocycles. The molecule has 0 unspecified atom stereocenters.